The highest BCUT2D eigenvalue weighted by Gasteiger charge is 2.60. The first-order valence-corrected chi connectivity index (χ1v) is 9.11. The normalized spacial score (nSPS) is 29.0. The van der Waals surface area contributed by atoms with Crippen molar-refractivity contribution in [3.05, 3.63) is 53.6 Å². The summed E-state index contributed by atoms with van der Waals surface area (Å²) in [6.45, 7) is 12.4. The number of carbonyl (C=O) groups excluding carboxylic acids is 2. The highest BCUT2D eigenvalue weighted by molar-refractivity contribution is 6.23. The summed E-state index contributed by atoms with van der Waals surface area (Å²) < 4.78 is 0. The molecular formula is C22H27NO2. The van der Waals surface area contributed by atoms with Crippen molar-refractivity contribution in [2.75, 3.05) is 4.90 Å². The molecule has 1 spiro atoms. The van der Waals surface area contributed by atoms with Gasteiger partial charge in [0.15, 0.2) is 0 Å². The molecular weight excluding hydrogens is 310 g/mol. The van der Waals surface area contributed by atoms with Crippen LogP contribution in [0.1, 0.15) is 46.1 Å². The predicted octanol–water partition coefficient (Wildman–Crippen LogP) is 4.68. The van der Waals surface area contributed by atoms with Gasteiger partial charge in [0.05, 0.1) is 11.1 Å². The van der Waals surface area contributed by atoms with E-state index < -0.39 is 5.41 Å². The second kappa shape index (κ2) is 6.29. The average molecular weight is 337 g/mol. The topological polar surface area (TPSA) is 37.4 Å². The Balaban J connectivity index is 2.03. The number of nitrogens with zero attached hydrogens (tertiary/aromatic N) is 1. The Kier molecular flexibility index (Phi) is 4.44. The summed E-state index contributed by atoms with van der Waals surface area (Å²) in [6, 6.07) is 7.75. The summed E-state index contributed by atoms with van der Waals surface area (Å²) in [5, 5.41) is 0. The summed E-state index contributed by atoms with van der Waals surface area (Å²) in [4.78, 5) is 27.6. The third-order valence-electron chi connectivity index (χ3n) is 5.89. The van der Waals surface area contributed by atoms with E-state index in [2.05, 4.69) is 34.3 Å². The Bertz CT molecular complexity index is 755. The fourth-order valence-corrected chi connectivity index (χ4v) is 4.85. The zero-order chi connectivity index (χ0) is 18.4. The van der Waals surface area contributed by atoms with Gasteiger partial charge in [0.2, 0.25) is 11.8 Å². The highest BCUT2D eigenvalue weighted by Crippen LogP contribution is 2.57. The number of benzene rings is 1. The van der Waals surface area contributed by atoms with Crippen LogP contribution < -0.4 is 4.90 Å². The van der Waals surface area contributed by atoms with Crippen molar-refractivity contribution in [3.8, 4) is 0 Å². The minimum Gasteiger partial charge on any atom is -0.274 e. The standard InChI is InChI=1S/C22H27NO2/c1-6-16-8-10-17(11-9-16)23-19(24)13-22(21(23)25)12-15(5)20(14(3)4)18(22)7-2/h7-11,15,18H,2,6,12-13H2,1,3-5H3. The van der Waals surface area contributed by atoms with Gasteiger partial charge in [0, 0.05) is 12.3 Å². The van der Waals surface area contributed by atoms with Crippen LogP contribution in [-0.2, 0) is 16.0 Å². The van der Waals surface area contributed by atoms with Gasteiger partial charge in [0.1, 0.15) is 0 Å². The summed E-state index contributed by atoms with van der Waals surface area (Å²) in [5.74, 6) is 0.0917. The Morgan fingerprint density at radius 2 is 1.92 bits per heavy atom. The van der Waals surface area contributed by atoms with Gasteiger partial charge >= 0.3 is 0 Å². The van der Waals surface area contributed by atoms with Gasteiger partial charge in [0.25, 0.3) is 0 Å². The van der Waals surface area contributed by atoms with Crippen LogP contribution in [0, 0.1) is 17.3 Å². The van der Waals surface area contributed by atoms with Crippen molar-refractivity contribution in [2.24, 2.45) is 17.3 Å². The second-order valence-electron chi connectivity index (χ2n) is 7.66. The van der Waals surface area contributed by atoms with Gasteiger partial charge in [-0.3, -0.25) is 14.5 Å². The number of allylic oxidation sites excluding steroid dienone is 3. The van der Waals surface area contributed by atoms with E-state index in [0.29, 0.717) is 11.6 Å². The molecule has 2 amide bonds. The molecule has 25 heavy (non-hydrogen) atoms. The zero-order valence-electron chi connectivity index (χ0n) is 15.6. The molecule has 3 unspecified atom stereocenters. The quantitative estimate of drug-likeness (QED) is 0.593. The van der Waals surface area contributed by atoms with Crippen LogP contribution in [0.2, 0.25) is 0 Å². The molecule has 0 N–H and O–H groups in total. The molecule has 2 aliphatic rings. The van der Waals surface area contributed by atoms with Crippen LogP contribution in [0.15, 0.2) is 48.1 Å². The molecule has 1 heterocycles. The van der Waals surface area contributed by atoms with E-state index in [4.69, 9.17) is 0 Å². The van der Waals surface area contributed by atoms with Crippen LogP contribution >= 0.6 is 0 Å². The molecule has 1 aromatic rings. The van der Waals surface area contributed by atoms with Crippen LogP contribution in [0.4, 0.5) is 5.69 Å². The van der Waals surface area contributed by atoms with Crippen LogP contribution in [0.3, 0.4) is 0 Å². The van der Waals surface area contributed by atoms with Gasteiger partial charge in [-0.2, -0.15) is 0 Å². The van der Waals surface area contributed by atoms with Crippen molar-refractivity contribution in [3.63, 3.8) is 0 Å². The third kappa shape index (κ3) is 2.57. The maximum atomic E-state index is 13.4. The maximum Gasteiger partial charge on any atom is 0.241 e. The molecule has 0 aromatic heterocycles. The molecule has 0 bridgehead atoms. The van der Waals surface area contributed by atoms with E-state index in [1.807, 2.05) is 30.3 Å². The number of rotatable bonds is 3. The Hall–Kier alpha value is -2.16. The largest absolute Gasteiger partial charge is 0.274 e. The Morgan fingerprint density at radius 3 is 2.44 bits per heavy atom. The maximum absolute atomic E-state index is 13.4. The zero-order valence-corrected chi connectivity index (χ0v) is 15.6. The molecule has 1 saturated heterocycles. The van der Waals surface area contributed by atoms with E-state index in [9.17, 15) is 9.59 Å². The number of amides is 2. The SMILES string of the molecule is C=CC1C(=C(C)C)C(C)CC12CC(=O)N(c1ccc(CC)cc1)C2=O. The minimum atomic E-state index is -0.658. The first kappa shape index (κ1) is 17.7. The van der Waals surface area contributed by atoms with Crippen LogP contribution in [0.5, 0.6) is 0 Å². The molecule has 3 heteroatoms. The summed E-state index contributed by atoms with van der Waals surface area (Å²) in [5.41, 5.74) is 3.74. The van der Waals surface area contributed by atoms with Crippen molar-refractivity contribution >= 4 is 17.5 Å². The summed E-state index contributed by atoms with van der Waals surface area (Å²) in [6.07, 6.45) is 3.81. The van der Waals surface area contributed by atoms with E-state index in [1.54, 1.807) is 0 Å². The van der Waals surface area contributed by atoms with Crippen molar-refractivity contribution in [1.29, 1.82) is 0 Å². The Labute approximate surface area is 150 Å². The number of hydrogen-bond acceptors (Lipinski definition) is 2. The molecule has 3 rings (SSSR count). The lowest BCUT2D eigenvalue weighted by atomic mass is 9.75. The molecule has 1 aliphatic carbocycles. The van der Waals surface area contributed by atoms with Crippen LogP contribution in [-0.4, -0.2) is 11.8 Å². The van der Waals surface area contributed by atoms with Gasteiger partial charge in [-0.25, -0.2) is 0 Å². The first-order chi connectivity index (χ1) is 11.9. The molecule has 1 aliphatic heterocycles. The molecule has 1 aromatic carbocycles. The molecule has 132 valence electrons. The van der Waals surface area contributed by atoms with Crippen molar-refractivity contribution < 1.29 is 9.59 Å². The molecule has 0 radical (unpaired) electrons. The number of anilines is 1. The van der Waals surface area contributed by atoms with E-state index >= 15 is 0 Å². The number of hydrogen-bond donors (Lipinski definition) is 0. The lowest BCUT2D eigenvalue weighted by molar-refractivity contribution is -0.126. The van der Waals surface area contributed by atoms with Gasteiger partial charge < -0.3 is 0 Å². The van der Waals surface area contributed by atoms with E-state index in [0.717, 1.165) is 12.8 Å². The predicted molar refractivity (Wildman–Crippen MR) is 101 cm³/mol. The molecule has 1 saturated carbocycles. The lowest BCUT2D eigenvalue weighted by Crippen LogP contribution is -2.37. The third-order valence-corrected chi connectivity index (χ3v) is 5.89. The summed E-state index contributed by atoms with van der Waals surface area (Å²) in [7, 11) is 0. The van der Waals surface area contributed by atoms with Crippen LogP contribution in [0.25, 0.3) is 0 Å². The van der Waals surface area contributed by atoms with Gasteiger partial charge in [-0.1, -0.05) is 43.2 Å². The minimum absolute atomic E-state index is 0.0520. The highest BCUT2D eigenvalue weighted by atomic mass is 16.2. The van der Waals surface area contributed by atoms with Gasteiger partial charge in [-0.05, 0) is 50.3 Å². The Morgan fingerprint density at radius 1 is 1.28 bits per heavy atom. The molecule has 3 atom stereocenters. The molecule has 3 nitrogen and oxygen atoms in total. The smallest absolute Gasteiger partial charge is 0.241 e. The summed E-state index contributed by atoms with van der Waals surface area (Å²) >= 11 is 0. The first-order valence-electron chi connectivity index (χ1n) is 9.11. The molecule has 2 fully saturated rings. The fraction of sp³-hybridized carbons (Fsp3) is 0.455. The number of imide groups is 1. The number of carbonyl (C=O) groups is 2. The number of aryl methyl sites for hydroxylation is 1. The second-order valence-corrected chi connectivity index (χ2v) is 7.66. The van der Waals surface area contributed by atoms with Crippen molar-refractivity contribution in [1.82, 2.24) is 0 Å². The fourth-order valence-electron chi connectivity index (χ4n) is 4.85. The average Bonchev–Trinajstić information content (AvgIpc) is 3.00. The van der Waals surface area contributed by atoms with E-state index in [1.165, 1.54) is 21.6 Å². The van der Waals surface area contributed by atoms with Crippen molar-refractivity contribution in [2.45, 2.75) is 47.0 Å². The lowest BCUT2D eigenvalue weighted by Gasteiger charge is -2.27. The van der Waals surface area contributed by atoms with E-state index in [-0.39, 0.29) is 24.2 Å². The monoisotopic (exact) mass is 337 g/mol. The van der Waals surface area contributed by atoms with Gasteiger partial charge in [-0.15, -0.1) is 6.58 Å².